The van der Waals surface area contributed by atoms with E-state index in [1.54, 1.807) is 0 Å². The SMILES string of the molecule is Cc1cc(C)nc(CNC(=O)c2nc(N3CCCC(N)C3)n[nH]2)n1. The Bertz CT molecular complexity index is 708. The highest BCUT2D eigenvalue weighted by Gasteiger charge is 2.21. The van der Waals surface area contributed by atoms with Crippen molar-refractivity contribution in [3.8, 4) is 0 Å². The fourth-order valence-corrected chi connectivity index (χ4v) is 2.81. The Morgan fingerprint density at radius 1 is 1.38 bits per heavy atom. The Morgan fingerprint density at radius 3 is 2.83 bits per heavy atom. The van der Waals surface area contributed by atoms with Crippen molar-refractivity contribution < 1.29 is 4.79 Å². The monoisotopic (exact) mass is 330 g/mol. The average molecular weight is 330 g/mol. The maximum Gasteiger partial charge on any atom is 0.289 e. The fourth-order valence-electron chi connectivity index (χ4n) is 2.81. The minimum Gasteiger partial charge on any atom is -0.342 e. The first-order valence-electron chi connectivity index (χ1n) is 8.03. The Balaban J connectivity index is 1.61. The zero-order chi connectivity index (χ0) is 17.1. The van der Waals surface area contributed by atoms with Crippen LogP contribution in [0.5, 0.6) is 0 Å². The molecule has 1 aliphatic rings. The molecule has 1 unspecified atom stereocenters. The molecule has 1 atom stereocenters. The highest BCUT2D eigenvalue weighted by Crippen LogP contribution is 2.14. The summed E-state index contributed by atoms with van der Waals surface area (Å²) >= 11 is 0. The van der Waals surface area contributed by atoms with Crippen LogP contribution in [0.15, 0.2) is 6.07 Å². The number of aromatic nitrogens is 5. The normalized spacial score (nSPS) is 17.8. The van der Waals surface area contributed by atoms with E-state index in [1.165, 1.54) is 0 Å². The highest BCUT2D eigenvalue weighted by molar-refractivity contribution is 5.90. The van der Waals surface area contributed by atoms with Crippen LogP contribution in [0.4, 0.5) is 5.95 Å². The molecule has 3 rings (SSSR count). The number of nitrogens with two attached hydrogens (primary N) is 1. The van der Waals surface area contributed by atoms with Crippen molar-refractivity contribution in [1.82, 2.24) is 30.5 Å². The molecule has 9 nitrogen and oxygen atoms in total. The predicted octanol–water partition coefficient (Wildman–Crippen LogP) is 0.0690. The van der Waals surface area contributed by atoms with Crippen molar-refractivity contribution >= 4 is 11.9 Å². The van der Waals surface area contributed by atoms with Gasteiger partial charge >= 0.3 is 0 Å². The van der Waals surface area contributed by atoms with Crippen LogP contribution in [-0.4, -0.2) is 50.2 Å². The molecule has 24 heavy (non-hydrogen) atoms. The lowest BCUT2D eigenvalue weighted by atomic mass is 10.1. The summed E-state index contributed by atoms with van der Waals surface area (Å²) in [5.74, 6) is 0.923. The van der Waals surface area contributed by atoms with E-state index in [0.717, 1.165) is 30.8 Å². The van der Waals surface area contributed by atoms with E-state index in [0.29, 0.717) is 18.3 Å². The molecule has 1 amide bonds. The molecule has 0 bridgehead atoms. The van der Waals surface area contributed by atoms with Gasteiger partial charge in [-0.25, -0.2) is 9.97 Å². The number of amides is 1. The molecular weight excluding hydrogens is 308 g/mol. The molecule has 0 radical (unpaired) electrons. The van der Waals surface area contributed by atoms with E-state index < -0.39 is 0 Å². The van der Waals surface area contributed by atoms with E-state index in [1.807, 2.05) is 24.8 Å². The number of carbonyl (C=O) groups is 1. The van der Waals surface area contributed by atoms with Gasteiger partial charge in [-0.15, -0.1) is 5.10 Å². The second-order valence-corrected chi connectivity index (χ2v) is 6.08. The summed E-state index contributed by atoms with van der Waals surface area (Å²) in [6, 6.07) is 2.01. The number of rotatable bonds is 4. The third kappa shape index (κ3) is 3.85. The topological polar surface area (TPSA) is 126 Å². The predicted molar refractivity (Wildman–Crippen MR) is 88.5 cm³/mol. The van der Waals surface area contributed by atoms with E-state index in [4.69, 9.17) is 5.73 Å². The van der Waals surface area contributed by atoms with Gasteiger partial charge in [-0.3, -0.25) is 9.89 Å². The number of hydrogen-bond donors (Lipinski definition) is 3. The first-order valence-corrected chi connectivity index (χ1v) is 8.03. The van der Waals surface area contributed by atoms with Crippen LogP contribution in [0.1, 0.15) is 40.7 Å². The smallest absolute Gasteiger partial charge is 0.289 e. The minimum atomic E-state index is -0.335. The van der Waals surface area contributed by atoms with Gasteiger partial charge < -0.3 is 16.0 Å². The zero-order valence-electron chi connectivity index (χ0n) is 13.9. The second kappa shape index (κ2) is 6.91. The second-order valence-electron chi connectivity index (χ2n) is 6.08. The summed E-state index contributed by atoms with van der Waals surface area (Å²) in [5, 5.41) is 9.55. The first-order chi connectivity index (χ1) is 11.5. The van der Waals surface area contributed by atoms with Crippen LogP contribution in [0, 0.1) is 13.8 Å². The summed E-state index contributed by atoms with van der Waals surface area (Å²) in [4.78, 5) is 27.1. The Labute approximate surface area is 140 Å². The molecule has 2 aromatic rings. The number of H-pyrrole nitrogens is 1. The molecule has 9 heteroatoms. The van der Waals surface area contributed by atoms with Gasteiger partial charge in [0.1, 0.15) is 5.82 Å². The van der Waals surface area contributed by atoms with Gasteiger partial charge in [0.25, 0.3) is 5.91 Å². The van der Waals surface area contributed by atoms with Crippen molar-refractivity contribution in [3.05, 3.63) is 29.1 Å². The van der Waals surface area contributed by atoms with Crippen molar-refractivity contribution in [2.45, 2.75) is 39.3 Å². The standard InChI is InChI=1S/C15H22N8O/c1-9-6-10(2)19-12(18-9)7-17-14(24)13-20-15(22-21-13)23-5-3-4-11(16)8-23/h6,11H,3-5,7-8,16H2,1-2H3,(H,17,24)(H,20,21,22). The molecule has 0 aliphatic carbocycles. The van der Waals surface area contributed by atoms with Crippen molar-refractivity contribution in [2.75, 3.05) is 18.0 Å². The van der Waals surface area contributed by atoms with Crippen molar-refractivity contribution in [3.63, 3.8) is 0 Å². The molecule has 2 aromatic heterocycles. The molecule has 128 valence electrons. The molecule has 3 heterocycles. The van der Waals surface area contributed by atoms with Crippen LogP contribution < -0.4 is 16.0 Å². The Hall–Kier alpha value is -2.55. The lowest BCUT2D eigenvalue weighted by Gasteiger charge is -2.29. The van der Waals surface area contributed by atoms with Crippen LogP contribution in [0.25, 0.3) is 0 Å². The molecule has 1 fully saturated rings. The van der Waals surface area contributed by atoms with Crippen molar-refractivity contribution in [1.29, 1.82) is 0 Å². The van der Waals surface area contributed by atoms with E-state index in [-0.39, 0.29) is 24.3 Å². The summed E-state index contributed by atoms with van der Waals surface area (Å²) in [5.41, 5.74) is 7.71. The third-order valence-corrected chi connectivity index (χ3v) is 3.87. The quantitative estimate of drug-likeness (QED) is 0.724. The molecule has 1 aliphatic heterocycles. The molecule has 0 aromatic carbocycles. The van der Waals surface area contributed by atoms with Gasteiger partial charge in [-0.2, -0.15) is 4.98 Å². The largest absolute Gasteiger partial charge is 0.342 e. The van der Waals surface area contributed by atoms with E-state index in [2.05, 4.69) is 30.5 Å². The summed E-state index contributed by atoms with van der Waals surface area (Å²) in [7, 11) is 0. The maximum atomic E-state index is 12.2. The van der Waals surface area contributed by atoms with Gasteiger partial charge in [0.15, 0.2) is 0 Å². The Morgan fingerprint density at radius 2 is 2.12 bits per heavy atom. The van der Waals surface area contributed by atoms with Crippen LogP contribution in [0.2, 0.25) is 0 Å². The molecule has 4 N–H and O–H groups in total. The van der Waals surface area contributed by atoms with Gasteiger partial charge in [0.2, 0.25) is 11.8 Å². The van der Waals surface area contributed by atoms with Crippen LogP contribution >= 0.6 is 0 Å². The number of aromatic amines is 1. The number of aryl methyl sites for hydroxylation is 2. The van der Waals surface area contributed by atoms with Gasteiger partial charge in [-0.1, -0.05) is 0 Å². The molecular formula is C15H22N8O. The number of anilines is 1. The molecule has 0 spiro atoms. The van der Waals surface area contributed by atoms with Crippen molar-refractivity contribution in [2.24, 2.45) is 5.73 Å². The van der Waals surface area contributed by atoms with E-state index in [9.17, 15) is 4.79 Å². The fraction of sp³-hybridized carbons (Fsp3) is 0.533. The number of piperidine rings is 1. The number of nitrogens with one attached hydrogen (secondary N) is 2. The average Bonchev–Trinajstić information content (AvgIpc) is 3.02. The number of nitrogens with zero attached hydrogens (tertiary/aromatic N) is 5. The number of carbonyl (C=O) groups excluding carboxylic acids is 1. The van der Waals surface area contributed by atoms with Crippen LogP contribution in [0.3, 0.4) is 0 Å². The summed E-state index contributed by atoms with van der Waals surface area (Å²) in [6.45, 7) is 5.59. The van der Waals surface area contributed by atoms with Crippen LogP contribution in [-0.2, 0) is 6.54 Å². The van der Waals surface area contributed by atoms with Gasteiger partial charge in [-0.05, 0) is 32.8 Å². The molecule has 1 saturated heterocycles. The maximum absolute atomic E-state index is 12.2. The number of hydrogen-bond acceptors (Lipinski definition) is 7. The van der Waals surface area contributed by atoms with E-state index >= 15 is 0 Å². The lowest BCUT2D eigenvalue weighted by molar-refractivity contribution is 0.0940. The van der Waals surface area contributed by atoms with Gasteiger partial charge in [0, 0.05) is 30.5 Å². The zero-order valence-corrected chi connectivity index (χ0v) is 13.9. The lowest BCUT2D eigenvalue weighted by Crippen LogP contribution is -2.43. The third-order valence-electron chi connectivity index (χ3n) is 3.87. The Kier molecular flexibility index (Phi) is 4.70. The molecule has 0 saturated carbocycles. The minimum absolute atomic E-state index is 0.122. The highest BCUT2D eigenvalue weighted by atomic mass is 16.2. The first kappa shape index (κ1) is 16.3. The van der Waals surface area contributed by atoms with Gasteiger partial charge in [0.05, 0.1) is 6.54 Å². The summed E-state index contributed by atoms with van der Waals surface area (Å²) < 4.78 is 0. The summed E-state index contributed by atoms with van der Waals surface area (Å²) in [6.07, 6.45) is 2.01.